The van der Waals surface area contributed by atoms with Crippen LogP contribution in [-0.4, -0.2) is 25.5 Å². The molecule has 0 bridgehead atoms. The van der Waals surface area contributed by atoms with Gasteiger partial charge in [-0.25, -0.2) is 0 Å². The number of aryl methyl sites for hydroxylation is 3. The number of aromatic nitrogens is 4. The van der Waals surface area contributed by atoms with Crippen LogP contribution >= 0.6 is 0 Å². The summed E-state index contributed by atoms with van der Waals surface area (Å²) in [6, 6.07) is 14.4. The molecule has 4 aromatic rings. The first kappa shape index (κ1) is 18.0. The average molecular weight is 373 g/mol. The Bertz CT molecular complexity index is 1120. The second kappa shape index (κ2) is 7.68. The molecule has 0 saturated carbocycles. The number of carbonyl (C=O) groups excluding carboxylic acids is 1. The zero-order valence-electron chi connectivity index (χ0n) is 16.1. The number of nitrogens with one attached hydrogen (secondary N) is 1. The summed E-state index contributed by atoms with van der Waals surface area (Å²) in [5.74, 6) is -0.0498. The summed E-state index contributed by atoms with van der Waals surface area (Å²) in [5.41, 5.74) is 5.39. The Morgan fingerprint density at radius 1 is 1.07 bits per heavy atom. The van der Waals surface area contributed by atoms with Crippen molar-refractivity contribution >= 4 is 22.5 Å². The molecule has 2 aromatic carbocycles. The van der Waals surface area contributed by atoms with Crippen LogP contribution in [0.4, 0.5) is 5.69 Å². The number of benzene rings is 2. The molecule has 1 amide bonds. The first-order valence-corrected chi connectivity index (χ1v) is 9.37. The maximum absolute atomic E-state index is 12.3. The quantitative estimate of drug-likeness (QED) is 0.557. The number of hydrogen-bond donors (Lipinski definition) is 1. The minimum atomic E-state index is -0.0498. The number of fused-ring (bicyclic) bond motifs is 1. The molecule has 0 radical (unpaired) electrons. The molecule has 0 aliphatic carbocycles. The van der Waals surface area contributed by atoms with Gasteiger partial charge in [-0.1, -0.05) is 35.9 Å². The van der Waals surface area contributed by atoms with Gasteiger partial charge in [0.15, 0.2) is 0 Å². The normalized spacial score (nSPS) is 11.1. The minimum Gasteiger partial charge on any atom is -0.323 e. The Morgan fingerprint density at radius 2 is 1.93 bits per heavy atom. The largest absolute Gasteiger partial charge is 0.323 e. The van der Waals surface area contributed by atoms with Crippen LogP contribution in [0.2, 0.25) is 0 Å². The van der Waals surface area contributed by atoms with Crippen LogP contribution < -0.4 is 5.32 Å². The van der Waals surface area contributed by atoms with E-state index in [4.69, 9.17) is 0 Å². The Kier molecular flexibility index (Phi) is 4.93. The van der Waals surface area contributed by atoms with E-state index in [1.165, 1.54) is 16.7 Å². The van der Waals surface area contributed by atoms with Gasteiger partial charge in [-0.15, -0.1) is 0 Å². The van der Waals surface area contributed by atoms with E-state index in [0.29, 0.717) is 25.2 Å². The van der Waals surface area contributed by atoms with Crippen molar-refractivity contribution in [3.63, 3.8) is 0 Å². The third-order valence-electron chi connectivity index (χ3n) is 4.86. The second-order valence-corrected chi connectivity index (χ2v) is 7.08. The fourth-order valence-electron chi connectivity index (χ4n) is 3.29. The SMILES string of the molecule is Cc1ccc2c(cnn2CCC(=O)Nc2cnn(Cc3ccccc3C)c2)c1. The Hall–Kier alpha value is -3.41. The van der Waals surface area contributed by atoms with Crippen molar-refractivity contribution in [2.24, 2.45) is 0 Å². The Balaban J connectivity index is 1.35. The van der Waals surface area contributed by atoms with Crippen molar-refractivity contribution in [1.82, 2.24) is 19.6 Å². The van der Waals surface area contributed by atoms with Gasteiger partial charge in [0.25, 0.3) is 0 Å². The minimum absolute atomic E-state index is 0.0498. The number of hydrogen-bond acceptors (Lipinski definition) is 3. The lowest BCUT2D eigenvalue weighted by molar-refractivity contribution is -0.116. The van der Waals surface area contributed by atoms with Crippen molar-refractivity contribution in [2.45, 2.75) is 33.4 Å². The zero-order chi connectivity index (χ0) is 19.5. The molecule has 0 saturated heterocycles. The van der Waals surface area contributed by atoms with Crippen LogP contribution in [0, 0.1) is 13.8 Å². The molecule has 0 atom stereocenters. The summed E-state index contributed by atoms with van der Waals surface area (Å²) in [6.07, 6.45) is 5.74. The van der Waals surface area contributed by atoms with Crippen LogP contribution in [-0.2, 0) is 17.9 Å². The first-order valence-electron chi connectivity index (χ1n) is 9.37. The average Bonchev–Trinajstić information content (AvgIpc) is 3.28. The van der Waals surface area contributed by atoms with Gasteiger partial charge in [0.2, 0.25) is 5.91 Å². The lowest BCUT2D eigenvalue weighted by atomic mass is 10.1. The molecule has 2 aromatic heterocycles. The van der Waals surface area contributed by atoms with Gasteiger partial charge < -0.3 is 5.32 Å². The number of anilines is 1. The predicted molar refractivity (Wildman–Crippen MR) is 110 cm³/mol. The first-order chi connectivity index (χ1) is 13.6. The fraction of sp³-hybridized carbons (Fsp3) is 0.227. The highest BCUT2D eigenvalue weighted by Gasteiger charge is 2.08. The Labute approximate surface area is 163 Å². The maximum atomic E-state index is 12.3. The van der Waals surface area contributed by atoms with Gasteiger partial charge in [0.1, 0.15) is 0 Å². The molecule has 0 unspecified atom stereocenters. The topological polar surface area (TPSA) is 64.7 Å². The predicted octanol–water partition coefficient (Wildman–Crippen LogP) is 3.93. The molecular formula is C22H23N5O. The lowest BCUT2D eigenvalue weighted by Gasteiger charge is -2.06. The van der Waals surface area contributed by atoms with Gasteiger partial charge >= 0.3 is 0 Å². The van der Waals surface area contributed by atoms with E-state index in [1.807, 2.05) is 40.0 Å². The van der Waals surface area contributed by atoms with Crippen LogP contribution in [0.3, 0.4) is 0 Å². The summed E-state index contributed by atoms with van der Waals surface area (Å²) in [7, 11) is 0. The summed E-state index contributed by atoms with van der Waals surface area (Å²) < 4.78 is 3.71. The smallest absolute Gasteiger partial charge is 0.226 e. The van der Waals surface area contributed by atoms with E-state index in [9.17, 15) is 4.79 Å². The molecule has 28 heavy (non-hydrogen) atoms. The third kappa shape index (κ3) is 3.96. The standard InChI is InChI=1S/C22H23N5O/c1-16-7-8-21-19(11-16)12-24-27(21)10-9-22(28)25-20-13-23-26(15-20)14-18-6-4-3-5-17(18)2/h3-8,11-13,15H,9-10,14H2,1-2H3,(H,25,28). The number of amides is 1. The number of rotatable bonds is 6. The molecule has 4 rings (SSSR count). The molecule has 1 N–H and O–H groups in total. The van der Waals surface area contributed by atoms with E-state index in [0.717, 1.165) is 10.9 Å². The molecule has 0 aliphatic heterocycles. The van der Waals surface area contributed by atoms with Gasteiger partial charge in [0.05, 0.1) is 36.7 Å². The summed E-state index contributed by atoms with van der Waals surface area (Å²) in [4.78, 5) is 12.3. The highest BCUT2D eigenvalue weighted by Crippen LogP contribution is 2.16. The summed E-state index contributed by atoms with van der Waals surface area (Å²) in [6.45, 7) is 5.36. The van der Waals surface area contributed by atoms with Crippen molar-refractivity contribution in [3.05, 3.63) is 77.7 Å². The third-order valence-corrected chi connectivity index (χ3v) is 4.86. The molecule has 2 heterocycles. The van der Waals surface area contributed by atoms with E-state index in [2.05, 4.69) is 53.6 Å². The zero-order valence-corrected chi connectivity index (χ0v) is 16.1. The number of nitrogens with zero attached hydrogens (tertiary/aromatic N) is 4. The van der Waals surface area contributed by atoms with E-state index >= 15 is 0 Å². The lowest BCUT2D eigenvalue weighted by Crippen LogP contribution is -2.14. The van der Waals surface area contributed by atoms with Crippen molar-refractivity contribution in [3.8, 4) is 0 Å². The molecule has 6 heteroatoms. The second-order valence-electron chi connectivity index (χ2n) is 7.08. The highest BCUT2D eigenvalue weighted by atomic mass is 16.1. The van der Waals surface area contributed by atoms with Gasteiger partial charge in [-0.3, -0.25) is 14.2 Å². The van der Waals surface area contributed by atoms with E-state index in [1.54, 1.807) is 6.20 Å². The van der Waals surface area contributed by atoms with Crippen LogP contribution in [0.5, 0.6) is 0 Å². The highest BCUT2D eigenvalue weighted by molar-refractivity contribution is 5.90. The van der Waals surface area contributed by atoms with Gasteiger partial charge in [0, 0.05) is 18.0 Å². The van der Waals surface area contributed by atoms with Gasteiger partial charge in [-0.2, -0.15) is 10.2 Å². The molecule has 6 nitrogen and oxygen atoms in total. The van der Waals surface area contributed by atoms with Crippen molar-refractivity contribution in [1.29, 1.82) is 0 Å². The van der Waals surface area contributed by atoms with Crippen molar-refractivity contribution < 1.29 is 4.79 Å². The fourth-order valence-corrected chi connectivity index (χ4v) is 3.29. The van der Waals surface area contributed by atoms with E-state index < -0.39 is 0 Å². The molecule has 0 spiro atoms. The molecule has 0 fully saturated rings. The van der Waals surface area contributed by atoms with Gasteiger partial charge in [-0.05, 0) is 37.1 Å². The number of carbonyl (C=O) groups is 1. The van der Waals surface area contributed by atoms with Crippen molar-refractivity contribution in [2.75, 3.05) is 5.32 Å². The maximum Gasteiger partial charge on any atom is 0.226 e. The van der Waals surface area contributed by atoms with Crippen LogP contribution in [0.15, 0.2) is 61.1 Å². The van der Waals surface area contributed by atoms with Crippen LogP contribution in [0.25, 0.3) is 10.9 Å². The Morgan fingerprint density at radius 3 is 2.79 bits per heavy atom. The summed E-state index contributed by atoms with van der Waals surface area (Å²) >= 11 is 0. The molecule has 0 aliphatic rings. The molecule has 142 valence electrons. The van der Waals surface area contributed by atoms with E-state index in [-0.39, 0.29) is 5.91 Å². The summed E-state index contributed by atoms with van der Waals surface area (Å²) in [5, 5.41) is 12.8. The molecular weight excluding hydrogens is 350 g/mol. The monoisotopic (exact) mass is 373 g/mol. The van der Waals surface area contributed by atoms with Crippen LogP contribution in [0.1, 0.15) is 23.1 Å².